The Morgan fingerprint density at radius 2 is 1.08 bits per heavy atom. The van der Waals surface area contributed by atoms with Crippen molar-refractivity contribution in [2.45, 2.75) is 45.8 Å². The smallest absolute Gasteiger partial charge is 0.123 e. The van der Waals surface area contributed by atoms with E-state index in [1.54, 1.807) is 0 Å². The van der Waals surface area contributed by atoms with Crippen molar-refractivity contribution in [1.29, 1.82) is 0 Å². The molecule has 1 atom stereocenters. The van der Waals surface area contributed by atoms with Crippen molar-refractivity contribution in [3.8, 4) is 11.5 Å². The highest BCUT2D eigenvalue weighted by Crippen LogP contribution is 2.29. The number of aliphatic hydroxyl groups is 1. The zero-order chi connectivity index (χ0) is 25.2. The summed E-state index contributed by atoms with van der Waals surface area (Å²) in [7, 11) is 0. The molecule has 4 nitrogen and oxygen atoms in total. The van der Waals surface area contributed by atoms with Crippen molar-refractivity contribution in [2.75, 3.05) is 6.54 Å². The Morgan fingerprint density at radius 1 is 0.649 bits per heavy atom. The van der Waals surface area contributed by atoms with Gasteiger partial charge >= 0.3 is 0 Å². The number of aliphatic hydroxyl groups excluding tert-OH is 1. The van der Waals surface area contributed by atoms with Gasteiger partial charge in [-0.2, -0.15) is 0 Å². The zero-order valence-electron chi connectivity index (χ0n) is 21.5. The van der Waals surface area contributed by atoms with Gasteiger partial charge in [0.1, 0.15) is 24.7 Å². The largest absolute Gasteiger partial charge is 0.489 e. The quantitative estimate of drug-likeness (QED) is 0.215. The summed E-state index contributed by atoms with van der Waals surface area (Å²) in [5.74, 6) is 1.36. The molecular weight excluding hydrogens is 482 g/mol. The van der Waals surface area contributed by atoms with Gasteiger partial charge in [0.2, 0.25) is 0 Å². The molecule has 1 N–H and O–H groups in total. The first-order valence-corrected chi connectivity index (χ1v) is 12.5. The van der Waals surface area contributed by atoms with Crippen molar-refractivity contribution >= 4 is 12.4 Å². The first-order chi connectivity index (χ1) is 17.6. The van der Waals surface area contributed by atoms with Crippen LogP contribution in [-0.2, 0) is 19.8 Å². The van der Waals surface area contributed by atoms with Crippen LogP contribution in [0.4, 0.5) is 0 Å². The van der Waals surface area contributed by atoms with Gasteiger partial charge < -0.3 is 14.6 Å². The maximum atomic E-state index is 11.3. The zero-order valence-corrected chi connectivity index (χ0v) is 22.3. The van der Waals surface area contributed by atoms with E-state index in [2.05, 4.69) is 30.9 Å². The van der Waals surface area contributed by atoms with Gasteiger partial charge in [-0.25, -0.2) is 0 Å². The standard InChI is InChI=1S/C32H35NO3.ClH/c1-25(2)33(21-26-12-6-3-7-13-26)22-32(34)29-18-30(35-23-27-14-8-4-9-15-27)20-31(19-29)36-24-28-16-10-5-11-17-28;/h3-20,25,32,34H,21-24H2,1-2H3;1H. The summed E-state index contributed by atoms with van der Waals surface area (Å²) < 4.78 is 12.2. The maximum Gasteiger partial charge on any atom is 0.123 e. The highest BCUT2D eigenvalue weighted by atomic mass is 35.5. The lowest BCUT2D eigenvalue weighted by molar-refractivity contribution is 0.0903. The van der Waals surface area contributed by atoms with E-state index in [0.717, 1.165) is 23.2 Å². The molecule has 0 aliphatic carbocycles. The molecule has 4 aromatic rings. The van der Waals surface area contributed by atoms with Gasteiger partial charge in [-0.1, -0.05) is 91.0 Å². The molecule has 37 heavy (non-hydrogen) atoms. The lowest BCUT2D eigenvalue weighted by Crippen LogP contribution is -2.34. The lowest BCUT2D eigenvalue weighted by atomic mass is 10.1. The van der Waals surface area contributed by atoms with E-state index in [9.17, 15) is 5.11 Å². The van der Waals surface area contributed by atoms with Crippen LogP contribution in [0.2, 0.25) is 0 Å². The second-order valence-corrected chi connectivity index (χ2v) is 9.31. The number of nitrogens with zero attached hydrogens (tertiary/aromatic N) is 1. The fraction of sp³-hybridized carbons (Fsp3) is 0.250. The minimum atomic E-state index is -0.685. The van der Waals surface area contributed by atoms with E-state index in [-0.39, 0.29) is 18.4 Å². The third-order valence-electron chi connectivity index (χ3n) is 6.15. The number of rotatable bonds is 12. The first kappa shape index (κ1) is 28.3. The number of hydrogen-bond acceptors (Lipinski definition) is 4. The third-order valence-corrected chi connectivity index (χ3v) is 6.15. The molecular formula is C32H36ClNO3. The fourth-order valence-corrected chi connectivity index (χ4v) is 4.04. The van der Waals surface area contributed by atoms with Gasteiger partial charge in [0.25, 0.3) is 0 Å². The number of benzene rings is 4. The van der Waals surface area contributed by atoms with Crippen LogP contribution < -0.4 is 9.47 Å². The normalized spacial score (nSPS) is 11.7. The van der Waals surface area contributed by atoms with Crippen LogP contribution in [0.1, 0.15) is 42.2 Å². The molecule has 0 radical (unpaired) electrons. The third kappa shape index (κ3) is 8.94. The molecule has 0 saturated heterocycles. The monoisotopic (exact) mass is 517 g/mol. The molecule has 0 heterocycles. The van der Waals surface area contributed by atoms with Crippen LogP contribution >= 0.6 is 12.4 Å². The highest BCUT2D eigenvalue weighted by Gasteiger charge is 2.18. The Kier molecular flexibility index (Phi) is 11.0. The molecule has 0 fully saturated rings. The summed E-state index contributed by atoms with van der Waals surface area (Å²) in [6.07, 6.45) is -0.685. The molecule has 0 aliphatic rings. The second-order valence-electron chi connectivity index (χ2n) is 9.31. The first-order valence-electron chi connectivity index (χ1n) is 12.5. The molecule has 5 heteroatoms. The molecule has 0 spiro atoms. The molecule has 4 rings (SSSR count). The summed E-state index contributed by atoms with van der Waals surface area (Å²) in [5, 5.41) is 11.3. The summed E-state index contributed by atoms with van der Waals surface area (Å²) in [5.41, 5.74) is 4.18. The van der Waals surface area contributed by atoms with Gasteiger partial charge in [-0.15, -0.1) is 12.4 Å². The van der Waals surface area contributed by atoms with E-state index in [0.29, 0.717) is 31.3 Å². The predicted molar refractivity (Wildman–Crippen MR) is 152 cm³/mol. The van der Waals surface area contributed by atoms with Crippen molar-refractivity contribution in [1.82, 2.24) is 4.90 Å². The van der Waals surface area contributed by atoms with Crippen LogP contribution in [0.25, 0.3) is 0 Å². The topological polar surface area (TPSA) is 41.9 Å². The van der Waals surface area contributed by atoms with Crippen LogP contribution in [0.5, 0.6) is 11.5 Å². The van der Waals surface area contributed by atoms with E-state index in [1.807, 2.05) is 97.1 Å². The van der Waals surface area contributed by atoms with Crippen LogP contribution in [0.3, 0.4) is 0 Å². The van der Waals surface area contributed by atoms with E-state index in [4.69, 9.17) is 9.47 Å². The Hall–Kier alpha value is -3.31. The van der Waals surface area contributed by atoms with Crippen LogP contribution in [-0.4, -0.2) is 22.6 Å². The van der Waals surface area contributed by atoms with Crippen LogP contribution in [0.15, 0.2) is 109 Å². The van der Waals surface area contributed by atoms with E-state index in [1.165, 1.54) is 5.56 Å². The molecule has 0 aromatic heterocycles. The number of ether oxygens (including phenoxy) is 2. The van der Waals surface area contributed by atoms with Crippen molar-refractivity contribution < 1.29 is 14.6 Å². The molecule has 1 unspecified atom stereocenters. The lowest BCUT2D eigenvalue weighted by Gasteiger charge is -2.29. The SMILES string of the molecule is CC(C)N(Cc1ccccc1)CC(O)c1cc(OCc2ccccc2)cc(OCc2ccccc2)c1.Cl. The average Bonchev–Trinajstić information content (AvgIpc) is 2.92. The molecule has 0 amide bonds. The molecule has 0 bridgehead atoms. The number of halogens is 1. The summed E-state index contributed by atoms with van der Waals surface area (Å²) in [4.78, 5) is 2.28. The number of hydrogen-bond donors (Lipinski definition) is 1. The molecule has 4 aromatic carbocycles. The van der Waals surface area contributed by atoms with Gasteiger partial charge in [-0.05, 0) is 48.2 Å². The minimum absolute atomic E-state index is 0. The Bertz CT molecular complexity index is 1120. The van der Waals surface area contributed by atoms with Gasteiger partial charge in [-0.3, -0.25) is 4.90 Å². The molecule has 0 aliphatic heterocycles. The average molecular weight is 518 g/mol. The van der Waals surface area contributed by atoms with Gasteiger partial charge in [0.05, 0.1) is 6.10 Å². The Balaban J connectivity index is 0.00000380. The minimum Gasteiger partial charge on any atom is -0.489 e. The van der Waals surface area contributed by atoms with Crippen molar-refractivity contribution in [3.63, 3.8) is 0 Å². The van der Waals surface area contributed by atoms with E-state index < -0.39 is 6.10 Å². The van der Waals surface area contributed by atoms with E-state index >= 15 is 0 Å². The summed E-state index contributed by atoms with van der Waals surface area (Å²) in [6, 6.07) is 36.5. The van der Waals surface area contributed by atoms with Gasteiger partial charge in [0, 0.05) is 25.2 Å². The summed E-state index contributed by atoms with van der Waals surface area (Å²) in [6.45, 7) is 6.49. The van der Waals surface area contributed by atoms with Gasteiger partial charge in [0.15, 0.2) is 0 Å². The second kappa shape index (κ2) is 14.4. The molecule has 0 saturated carbocycles. The molecule has 194 valence electrons. The Morgan fingerprint density at radius 3 is 1.51 bits per heavy atom. The van der Waals surface area contributed by atoms with Crippen molar-refractivity contribution in [2.24, 2.45) is 0 Å². The fourth-order valence-electron chi connectivity index (χ4n) is 4.04. The maximum absolute atomic E-state index is 11.3. The summed E-state index contributed by atoms with van der Waals surface area (Å²) >= 11 is 0. The highest BCUT2D eigenvalue weighted by molar-refractivity contribution is 5.85. The Labute approximate surface area is 226 Å². The predicted octanol–water partition coefficient (Wildman–Crippen LogP) is 7.21. The van der Waals surface area contributed by atoms with Crippen LogP contribution in [0, 0.1) is 0 Å². The van der Waals surface area contributed by atoms with Crippen molar-refractivity contribution in [3.05, 3.63) is 131 Å².